The second-order valence-corrected chi connectivity index (χ2v) is 6.15. The van der Waals surface area contributed by atoms with Gasteiger partial charge in [-0.15, -0.1) is 10.2 Å². The van der Waals surface area contributed by atoms with Crippen molar-refractivity contribution in [1.82, 2.24) is 20.4 Å². The second-order valence-electron chi connectivity index (χ2n) is 5.13. The van der Waals surface area contributed by atoms with Crippen LogP contribution >= 0.6 is 11.3 Å². The number of ether oxygens (including phenoxy) is 2. The molecule has 110 valence electrons. The summed E-state index contributed by atoms with van der Waals surface area (Å²) in [5, 5.41) is 12.9. The lowest BCUT2D eigenvalue weighted by atomic mass is 10.1. The van der Waals surface area contributed by atoms with E-state index < -0.39 is 0 Å². The highest BCUT2D eigenvalue weighted by atomic mass is 32.1. The molecule has 0 aliphatic heterocycles. The zero-order valence-electron chi connectivity index (χ0n) is 12.4. The molecule has 7 heteroatoms. The van der Waals surface area contributed by atoms with E-state index in [0.29, 0.717) is 25.0 Å². The van der Waals surface area contributed by atoms with Crippen LogP contribution in [0.25, 0.3) is 0 Å². The Morgan fingerprint density at radius 2 is 2.05 bits per heavy atom. The van der Waals surface area contributed by atoms with Gasteiger partial charge in [0.1, 0.15) is 11.6 Å². The molecule has 1 heterocycles. The molecule has 0 aliphatic carbocycles. The Morgan fingerprint density at radius 1 is 1.32 bits per heavy atom. The third-order valence-corrected chi connectivity index (χ3v) is 3.80. The minimum absolute atomic E-state index is 0.0252. The Labute approximate surface area is 119 Å². The van der Waals surface area contributed by atoms with Gasteiger partial charge < -0.3 is 19.7 Å². The van der Waals surface area contributed by atoms with Crippen molar-refractivity contribution in [3.05, 3.63) is 5.01 Å². The quantitative estimate of drug-likeness (QED) is 0.684. The zero-order valence-corrected chi connectivity index (χ0v) is 13.2. The van der Waals surface area contributed by atoms with Crippen LogP contribution in [0.3, 0.4) is 0 Å². The van der Waals surface area contributed by atoms with E-state index in [-0.39, 0.29) is 5.54 Å². The molecule has 0 saturated heterocycles. The molecule has 0 aromatic carbocycles. The maximum absolute atomic E-state index is 5.69. The Balaban J connectivity index is 2.34. The number of hydrogen-bond acceptors (Lipinski definition) is 7. The highest BCUT2D eigenvalue weighted by Crippen LogP contribution is 2.20. The topological polar surface area (TPSA) is 59.5 Å². The van der Waals surface area contributed by atoms with E-state index in [4.69, 9.17) is 9.47 Å². The van der Waals surface area contributed by atoms with Gasteiger partial charge in [0.15, 0.2) is 0 Å². The number of nitrogens with zero attached hydrogens (tertiary/aromatic N) is 3. The van der Waals surface area contributed by atoms with Gasteiger partial charge in [-0.3, -0.25) is 0 Å². The van der Waals surface area contributed by atoms with Gasteiger partial charge in [-0.25, -0.2) is 0 Å². The van der Waals surface area contributed by atoms with Gasteiger partial charge in [-0.2, -0.15) is 0 Å². The molecular weight excluding hydrogens is 264 g/mol. The molecule has 0 saturated carbocycles. The van der Waals surface area contributed by atoms with Crippen LogP contribution in [0.1, 0.15) is 18.9 Å². The molecule has 0 fully saturated rings. The normalized spacial score (nSPS) is 12.1. The number of aromatic nitrogens is 2. The van der Waals surface area contributed by atoms with E-state index >= 15 is 0 Å². The van der Waals surface area contributed by atoms with Crippen LogP contribution in [-0.2, 0) is 11.3 Å². The van der Waals surface area contributed by atoms with Crippen molar-refractivity contribution in [3.63, 3.8) is 0 Å². The van der Waals surface area contributed by atoms with Gasteiger partial charge >= 0.3 is 0 Å². The van der Waals surface area contributed by atoms with Gasteiger partial charge in [0.05, 0.1) is 6.61 Å². The first kappa shape index (κ1) is 16.3. The largest absolute Gasteiger partial charge is 0.467 e. The summed E-state index contributed by atoms with van der Waals surface area (Å²) in [5.74, 6) is 0. The standard InChI is InChI=1S/C12H24N4O2S/c1-12(2,16(3)4)9-18-11-15-14-10(19-11)8-13-6-7-17-5/h13H,6-9H2,1-5H3. The van der Waals surface area contributed by atoms with Crippen molar-refractivity contribution >= 4 is 11.3 Å². The average Bonchev–Trinajstić information content (AvgIpc) is 2.80. The molecule has 0 spiro atoms. The SMILES string of the molecule is COCCNCc1nnc(OCC(C)(C)N(C)C)s1. The minimum atomic E-state index is -0.0252. The summed E-state index contributed by atoms with van der Waals surface area (Å²) in [6.45, 7) is 7.04. The monoisotopic (exact) mass is 288 g/mol. The molecule has 0 unspecified atom stereocenters. The third-order valence-electron chi connectivity index (χ3n) is 2.97. The predicted octanol–water partition coefficient (Wildman–Crippen LogP) is 0.993. The van der Waals surface area contributed by atoms with E-state index in [9.17, 15) is 0 Å². The summed E-state index contributed by atoms with van der Waals surface area (Å²) in [6.07, 6.45) is 0. The lowest BCUT2D eigenvalue weighted by molar-refractivity contribution is 0.113. The molecule has 0 aliphatic rings. The van der Waals surface area contributed by atoms with Crippen LogP contribution < -0.4 is 10.1 Å². The van der Waals surface area contributed by atoms with Crippen molar-refractivity contribution in [2.24, 2.45) is 0 Å². The molecule has 1 rings (SSSR count). The number of methoxy groups -OCH3 is 1. The molecule has 1 aromatic heterocycles. The summed E-state index contributed by atoms with van der Waals surface area (Å²) >= 11 is 1.48. The van der Waals surface area contributed by atoms with E-state index in [2.05, 4.69) is 34.3 Å². The maximum atomic E-state index is 5.69. The molecule has 0 amide bonds. The van der Waals surface area contributed by atoms with Crippen LogP contribution in [0.5, 0.6) is 5.19 Å². The summed E-state index contributed by atoms with van der Waals surface area (Å²) in [5.41, 5.74) is -0.0252. The Kier molecular flexibility index (Phi) is 6.64. The summed E-state index contributed by atoms with van der Waals surface area (Å²) in [6, 6.07) is 0. The van der Waals surface area contributed by atoms with E-state index in [1.165, 1.54) is 11.3 Å². The van der Waals surface area contributed by atoms with Crippen LogP contribution in [-0.4, -0.2) is 61.6 Å². The maximum Gasteiger partial charge on any atom is 0.294 e. The molecule has 0 bridgehead atoms. The van der Waals surface area contributed by atoms with Crippen LogP contribution in [0, 0.1) is 0 Å². The van der Waals surface area contributed by atoms with Crippen molar-refractivity contribution in [1.29, 1.82) is 0 Å². The van der Waals surface area contributed by atoms with Gasteiger partial charge in [0.25, 0.3) is 5.19 Å². The van der Waals surface area contributed by atoms with Gasteiger partial charge in [-0.05, 0) is 27.9 Å². The molecule has 19 heavy (non-hydrogen) atoms. The van der Waals surface area contributed by atoms with Crippen molar-refractivity contribution in [2.45, 2.75) is 25.9 Å². The molecule has 0 atom stereocenters. The first-order valence-corrected chi connectivity index (χ1v) is 7.09. The van der Waals surface area contributed by atoms with Crippen molar-refractivity contribution in [2.75, 3.05) is 41.0 Å². The fraction of sp³-hybridized carbons (Fsp3) is 0.833. The number of hydrogen-bond donors (Lipinski definition) is 1. The summed E-state index contributed by atoms with van der Waals surface area (Å²) < 4.78 is 10.6. The molecular formula is C12H24N4O2S. The zero-order chi connectivity index (χ0) is 14.3. The highest BCUT2D eigenvalue weighted by molar-refractivity contribution is 7.13. The van der Waals surface area contributed by atoms with Crippen LogP contribution in [0.4, 0.5) is 0 Å². The summed E-state index contributed by atoms with van der Waals surface area (Å²) in [4.78, 5) is 2.13. The molecule has 6 nitrogen and oxygen atoms in total. The summed E-state index contributed by atoms with van der Waals surface area (Å²) in [7, 11) is 5.76. The van der Waals surface area contributed by atoms with Crippen molar-refractivity contribution < 1.29 is 9.47 Å². The minimum Gasteiger partial charge on any atom is -0.467 e. The van der Waals surface area contributed by atoms with Crippen LogP contribution in [0.15, 0.2) is 0 Å². The Bertz CT molecular complexity index is 368. The van der Waals surface area contributed by atoms with Gasteiger partial charge in [0.2, 0.25) is 0 Å². The number of nitrogens with one attached hydrogen (secondary N) is 1. The van der Waals surface area contributed by atoms with E-state index in [1.807, 2.05) is 14.1 Å². The van der Waals surface area contributed by atoms with Gasteiger partial charge in [-0.1, -0.05) is 11.3 Å². The van der Waals surface area contributed by atoms with Crippen molar-refractivity contribution in [3.8, 4) is 5.19 Å². The van der Waals surface area contributed by atoms with Crippen LogP contribution in [0.2, 0.25) is 0 Å². The van der Waals surface area contributed by atoms with E-state index in [1.54, 1.807) is 7.11 Å². The fourth-order valence-corrected chi connectivity index (χ4v) is 1.76. The Hall–Kier alpha value is -0.760. The number of rotatable bonds is 9. The predicted molar refractivity (Wildman–Crippen MR) is 76.8 cm³/mol. The van der Waals surface area contributed by atoms with Gasteiger partial charge in [0, 0.05) is 25.7 Å². The lowest BCUT2D eigenvalue weighted by Gasteiger charge is -2.31. The Morgan fingerprint density at radius 3 is 2.68 bits per heavy atom. The third kappa shape index (κ3) is 5.82. The molecule has 1 aromatic rings. The lowest BCUT2D eigenvalue weighted by Crippen LogP contribution is -2.43. The first-order chi connectivity index (χ1) is 8.95. The first-order valence-electron chi connectivity index (χ1n) is 6.28. The fourth-order valence-electron chi connectivity index (χ4n) is 1.10. The number of likely N-dealkylation sites (N-methyl/N-ethyl adjacent to an activating group) is 1. The highest BCUT2D eigenvalue weighted by Gasteiger charge is 2.22. The smallest absolute Gasteiger partial charge is 0.294 e. The molecule has 1 N–H and O–H groups in total. The molecule has 0 radical (unpaired) electrons. The second kappa shape index (κ2) is 7.74. The average molecular weight is 288 g/mol. The van der Waals surface area contributed by atoms with E-state index in [0.717, 1.165) is 11.6 Å².